The van der Waals surface area contributed by atoms with E-state index in [1.807, 2.05) is 0 Å². The number of likely N-dealkylation sites (tertiary alicyclic amines) is 1. The first-order valence-corrected chi connectivity index (χ1v) is 9.22. The van der Waals surface area contributed by atoms with Gasteiger partial charge in [-0.2, -0.15) is 0 Å². The van der Waals surface area contributed by atoms with Crippen molar-refractivity contribution < 1.29 is 0 Å². The number of nitrogens with zero attached hydrogens (tertiary/aromatic N) is 1. The fourth-order valence-electron chi connectivity index (χ4n) is 5.03. The zero-order valence-corrected chi connectivity index (χ0v) is 13.3. The molecule has 0 aromatic rings. The van der Waals surface area contributed by atoms with Gasteiger partial charge in [-0.05, 0) is 88.3 Å². The molecule has 2 saturated carbocycles. The van der Waals surface area contributed by atoms with Crippen LogP contribution in [0.5, 0.6) is 0 Å². The molecule has 2 N–H and O–H groups in total. The minimum Gasteiger partial charge on any atom is -0.330 e. The highest BCUT2D eigenvalue weighted by Gasteiger charge is 2.36. The summed E-state index contributed by atoms with van der Waals surface area (Å²) in [6.45, 7) is 5.07. The lowest BCUT2D eigenvalue weighted by molar-refractivity contribution is 0.0543. The van der Waals surface area contributed by atoms with E-state index in [2.05, 4.69) is 4.90 Å². The van der Waals surface area contributed by atoms with Gasteiger partial charge in [-0.25, -0.2) is 0 Å². The van der Waals surface area contributed by atoms with Crippen molar-refractivity contribution in [3.8, 4) is 0 Å². The molecular formula is C18H34N2. The molecule has 0 atom stereocenters. The van der Waals surface area contributed by atoms with Crippen molar-refractivity contribution in [3.63, 3.8) is 0 Å². The first-order chi connectivity index (χ1) is 9.80. The second-order valence-electron chi connectivity index (χ2n) is 7.98. The number of rotatable bonds is 3. The van der Waals surface area contributed by atoms with E-state index in [4.69, 9.17) is 5.73 Å². The zero-order chi connectivity index (χ0) is 13.8. The molecule has 2 nitrogen and oxygen atoms in total. The molecule has 0 bridgehead atoms. The van der Waals surface area contributed by atoms with Gasteiger partial charge < -0.3 is 10.6 Å². The van der Waals surface area contributed by atoms with Crippen molar-refractivity contribution >= 4 is 0 Å². The molecule has 1 heterocycles. The number of hydrogen-bond donors (Lipinski definition) is 1. The Labute approximate surface area is 125 Å². The van der Waals surface area contributed by atoms with E-state index >= 15 is 0 Å². The first-order valence-electron chi connectivity index (χ1n) is 9.22. The van der Waals surface area contributed by atoms with Gasteiger partial charge >= 0.3 is 0 Å². The van der Waals surface area contributed by atoms with Crippen LogP contribution < -0.4 is 5.73 Å². The molecule has 1 spiro atoms. The van der Waals surface area contributed by atoms with Gasteiger partial charge in [0, 0.05) is 6.54 Å². The highest BCUT2D eigenvalue weighted by atomic mass is 15.1. The maximum atomic E-state index is 5.80. The third-order valence-electron chi connectivity index (χ3n) is 6.65. The van der Waals surface area contributed by atoms with E-state index in [9.17, 15) is 0 Å². The van der Waals surface area contributed by atoms with Gasteiger partial charge in [-0.3, -0.25) is 0 Å². The van der Waals surface area contributed by atoms with Gasteiger partial charge in [-0.1, -0.05) is 19.3 Å². The van der Waals surface area contributed by atoms with Gasteiger partial charge in [0.25, 0.3) is 0 Å². The summed E-state index contributed by atoms with van der Waals surface area (Å²) >= 11 is 0. The van der Waals surface area contributed by atoms with Crippen molar-refractivity contribution in [2.24, 2.45) is 23.0 Å². The Morgan fingerprint density at radius 2 is 1.40 bits per heavy atom. The van der Waals surface area contributed by atoms with Crippen LogP contribution in [0.3, 0.4) is 0 Å². The van der Waals surface area contributed by atoms with Crippen molar-refractivity contribution in [3.05, 3.63) is 0 Å². The largest absolute Gasteiger partial charge is 0.330 e. The lowest BCUT2D eigenvalue weighted by Gasteiger charge is -2.45. The zero-order valence-electron chi connectivity index (χ0n) is 13.3. The van der Waals surface area contributed by atoms with Gasteiger partial charge in [-0.15, -0.1) is 0 Å². The molecule has 0 radical (unpaired) electrons. The minimum absolute atomic E-state index is 0.770. The van der Waals surface area contributed by atoms with E-state index in [1.54, 1.807) is 0 Å². The topological polar surface area (TPSA) is 29.3 Å². The van der Waals surface area contributed by atoms with Crippen molar-refractivity contribution in [2.75, 3.05) is 26.2 Å². The van der Waals surface area contributed by atoms with Crippen LogP contribution in [0.4, 0.5) is 0 Å². The third kappa shape index (κ3) is 3.57. The summed E-state index contributed by atoms with van der Waals surface area (Å²) in [5.74, 6) is 1.80. The Morgan fingerprint density at radius 1 is 0.800 bits per heavy atom. The summed E-state index contributed by atoms with van der Waals surface area (Å²) in [5.41, 5.74) is 6.57. The average Bonchev–Trinajstić information content (AvgIpc) is 2.52. The van der Waals surface area contributed by atoms with E-state index in [0.717, 1.165) is 23.8 Å². The molecule has 3 aliphatic rings. The lowest BCUT2D eigenvalue weighted by atomic mass is 9.68. The summed E-state index contributed by atoms with van der Waals surface area (Å²) in [7, 11) is 0. The highest BCUT2D eigenvalue weighted by molar-refractivity contribution is 4.89. The fraction of sp³-hybridized carbons (Fsp3) is 1.00. The maximum Gasteiger partial charge on any atom is 0.000967 e. The van der Waals surface area contributed by atoms with Crippen LogP contribution in [0.1, 0.15) is 70.6 Å². The van der Waals surface area contributed by atoms with Crippen LogP contribution in [-0.2, 0) is 0 Å². The Balaban J connectivity index is 1.40. The Kier molecular flexibility index (Phi) is 5.04. The summed E-state index contributed by atoms with van der Waals surface area (Å²) in [5, 5.41) is 0. The maximum absolute atomic E-state index is 5.80. The number of nitrogens with two attached hydrogens (primary N) is 1. The molecule has 0 amide bonds. The van der Waals surface area contributed by atoms with Gasteiger partial charge in [0.1, 0.15) is 0 Å². The molecule has 3 fully saturated rings. The van der Waals surface area contributed by atoms with Crippen LogP contribution in [0.2, 0.25) is 0 Å². The Bertz CT molecular complexity index is 278. The Morgan fingerprint density at radius 3 is 2.00 bits per heavy atom. The van der Waals surface area contributed by atoms with E-state index in [-0.39, 0.29) is 0 Å². The van der Waals surface area contributed by atoms with Crippen LogP contribution in [0.15, 0.2) is 0 Å². The molecule has 3 rings (SSSR count). The van der Waals surface area contributed by atoms with Crippen LogP contribution in [0.25, 0.3) is 0 Å². The normalized spacial score (nSPS) is 35.2. The fourth-order valence-corrected chi connectivity index (χ4v) is 5.03. The number of piperidine rings is 1. The summed E-state index contributed by atoms with van der Waals surface area (Å²) < 4.78 is 0. The van der Waals surface area contributed by atoms with E-state index in [1.165, 1.54) is 90.3 Å². The van der Waals surface area contributed by atoms with Crippen LogP contribution in [-0.4, -0.2) is 31.1 Å². The van der Waals surface area contributed by atoms with Crippen LogP contribution in [0, 0.1) is 17.3 Å². The number of hydrogen-bond acceptors (Lipinski definition) is 2. The van der Waals surface area contributed by atoms with Crippen LogP contribution >= 0.6 is 0 Å². The summed E-state index contributed by atoms with van der Waals surface area (Å²) in [6, 6.07) is 0. The molecule has 0 unspecified atom stereocenters. The lowest BCUT2D eigenvalue weighted by Crippen LogP contribution is -2.43. The molecule has 0 aromatic carbocycles. The summed E-state index contributed by atoms with van der Waals surface area (Å²) in [6.07, 6.45) is 16.2. The molecule has 1 saturated heterocycles. The standard InChI is InChI=1S/C18H34N2/c19-14-16-4-6-17(7-5-16)15-20-12-10-18(11-13-20)8-2-1-3-9-18/h16-17H,1-15,19H2. The first kappa shape index (κ1) is 14.8. The molecule has 116 valence electrons. The van der Waals surface area contributed by atoms with Gasteiger partial charge in [0.15, 0.2) is 0 Å². The summed E-state index contributed by atoms with van der Waals surface area (Å²) in [4.78, 5) is 2.79. The second-order valence-corrected chi connectivity index (χ2v) is 7.98. The SMILES string of the molecule is NCC1CCC(CN2CCC3(CCCCC3)CC2)CC1. The molecule has 2 heteroatoms. The van der Waals surface area contributed by atoms with E-state index < -0.39 is 0 Å². The van der Waals surface area contributed by atoms with Crippen molar-refractivity contribution in [1.29, 1.82) is 0 Å². The van der Waals surface area contributed by atoms with Crippen molar-refractivity contribution in [1.82, 2.24) is 4.90 Å². The third-order valence-corrected chi connectivity index (χ3v) is 6.65. The highest BCUT2D eigenvalue weighted by Crippen LogP contribution is 2.44. The molecule has 1 aliphatic heterocycles. The molecule has 2 aliphatic carbocycles. The predicted octanol–water partition coefficient (Wildman–Crippen LogP) is 3.80. The minimum atomic E-state index is 0.770. The monoisotopic (exact) mass is 278 g/mol. The predicted molar refractivity (Wildman–Crippen MR) is 85.7 cm³/mol. The van der Waals surface area contributed by atoms with Gasteiger partial charge in [0.2, 0.25) is 0 Å². The molecule has 0 aromatic heterocycles. The van der Waals surface area contributed by atoms with E-state index in [0.29, 0.717) is 0 Å². The second kappa shape index (κ2) is 6.79. The molecule has 20 heavy (non-hydrogen) atoms. The van der Waals surface area contributed by atoms with Gasteiger partial charge in [0.05, 0.1) is 0 Å². The van der Waals surface area contributed by atoms with Crippen molar-refractivity contribution in [2.45, 2.75) is 70.6 Å². The molecular weight excluding hydrogens is 244 g/mol. The average molecular weight is 278 g/mol. The quantitative estimate of drug-likeness (QED) is 0.851. The smallest absolute Gasteiger partial charge is 0.000967 e. The Hall–Kier alpha value is -0.0800.